The van der Waals surface area contributed by atoms with E-state index in [-0.39, 0.29) is 5.75 Å². The van der Waals surface area contributed by atoms with Crippen molar-refractivity contribution in [1.29, 1.82) is 0 Å². The van der Waals surface area contributed by atoms with Crippen molar-refractivity contribution in [2.75, 3.05) is 6.26 Å². The maximum absolute atomic E-state index is 11.1. The van der Waals surface area contributed by atoms with Gasteiger partial charge in [-0.2, -0.15) is 0 Å². The Morgan fingerprint density at radius 1 is 1.43 bits per heavy atom. The van der Waals surface area contributed by atoms with Crippen molar-refractivity contribution in [2.24, 2.45) is 0 Å². The number of benzene rings is 1. The molecule has 1 heterocycles. The molecule has 0 N–H and O–H groups in total. The van der Waals surface area contributed by atoms with E-state index in [2.05, 4.69) is 5.16 Å². The van der Waals surface area contributed by atoms with E-state index in [1.807, 2.05) is 0 Å². The van der Waals surface area contributed by atoms with Crippen molar-refractivity contribution in [1.82, 2.24) is 5.16 Å². The molecule has 5 heteroatoms. The number of rotatable bonds is 2. The fourth-order valence-electron chi connectivity index (χ4n) is 1.36. The van der Waals surface area contributed by atoms with Gasteiger partial charge in [0.2, 0.25) is 0 Å². The second-order valence-electron chi connectivity index (χ2n) is 3.23. The minimum Gasteiger partial charge on any atom is -0.363 e. The molecular formula is C9H9NO3S. The maximum Gasteiger partial charge on any atom is 0.151 e. The zero-order valence-corrected chi connectivity index (χ0v) is 8.41. The van der Waals surface area contributed by atoms with E-state index in [1.165, 1.54) is 12.5 Å². The lowest BCUT2D eigenvalue weighted by Gasteiger charge is -1.99. The molecule has 0 unspecified atom stereocenters. The summed E-state index contributed by atoms with van der Waals surface area (Å²) in [6, 6.07) is 5.32. The molecule has 0 saturated heterocycles. The molecule has 0 bridgehead atoms. The highest BCUT2D eigenvalue weighted by Gasteiger charge is 2.09. The van der Waals surface area contributed by atoms with E-state index in [0.29, 0.717) is 5.52 Å². The van der Waals surface area contributed by atoms with Crippen LogP contribution >= 0.6 is 0 Å². The maximum atomic E-state index is 11.1. The average molecular weight is 211 g/mol. The van der Waals surface area contributed by atoms with Gasteiger partial charge in [-0.1, -0.05) is 17.3 Å². The number of nitrogens with zero attached hydrogens (tertiary/aromatic N) is 1. The minimum atomic E-state index is -3.02. The van der Waals surface area contributed by atoms with Gasteiger partial charge >= 0.3 is 0 Å². The fraction of sp³-hybridized carbons (Fsp3) is 0.222. The van der Waals surface area contributed by atoms with Gasteiger partial charge in [0.05, 0.1) is 5.75 Å². The molecular weight excluding hydrogens is 202 g/mol. The highest BCUT2D eigenvalue weighted by atomic mass is 32.2. The van der Waals surface area contributed by atoms with Crippen molar-refractivity contribution in [2.45, 2.75) is 5.75 Å². The normalized spacial score (nSPS) is 12.1. The summed E-state index contributed by atoms with van der Waals surface area (Å²) in [6.45, 7) is 0. The van der Waals surface area contributed by atoms with Crippen LogP contribution in [0, 0.1) is 0 Å². The van der Waals surface area contributed by atoms with Crippen LogP contribution in [0.4, 0.5) is 0 Å². The molecule has 0 aliphatic rings. The van der Waals surface area contributed by atoms with Gasteiger partial charge < -0.3 is 4.52 Å². The summed E-state index contributed by atoms with van der Waals surface area (Å²) in [5.41, 5.74) is 1.41. The summed E-state index contributed by atoms with van der Waals surface area (Å²) < 4.78 is 27.0. The molecule has 0 spiro atoms. The van der Waals surface area contributed by atoms with Crippen LogP contribution in [0.1, 0.15) is 5.56 Å². The molecule has 1 aromatic carbocycles. The van der Waals surface area contributed by atoms with Crippen molar-refractivity contribution < 1.29 is 12.9 Å². The van der Waals surface area contributed by atoms with Gasteiger partial charge in [-0.3, -0.25) is 0 Å². The zero-order valence-electron chi connectivity index (χ0n) is 7.60. The van der Waals surface area contributed by atoms with Crippen LogP contribution in [-0.4, -0.2) is 19.8 Å². The first-order valence-corrected chi connectivity index (χ1v) is 6.12. The number of sulfone groups is 1. The second kappa shape index (κ2) is 3.09. The third-order valence-electron chi connectivity index (χ3n) is 1.91. The molecule has 1 aromatic heterocycles. The SMILES string of the molecule is CS(=O)(=O)Cc1cccc2nocc12. The Kier molecular flexibility index (Phi) is 2.03. The Hall–Kier alpha value is -1.36. The van der Waals surface area contributed by atoms with E-state index >= 15 is 0 Å². The van der Waals surface area contributed by atoms with Crippen LogP contribution in [0.15, 0.2) is 29.0 Å². The smallest absolute Gasteiger partial charge is 0.151 e. The molecule has 14 heavy (non-hydrogen) atoms. The summed E-state index contributed by atoms with van der Waals surface area (Å²) in [5, 5.41) is 4.50. The van der Waals surface area contributed by atoms with Crippen LogP contribution < -0.4 is 0 Å². The molecule has 2 aromatic rings. The summed E-state index contributed by atoms with van der Waals surface area (Å²) in [6.07, 6.45) is 2.68. The number of hydrogen-bond donors (Lipinski definition) is 0. The van der Waals surface area contributed by atoms with Gasteiger partial charge in [-0.05, 0) is 11.6 Å². The Balaban J connectivity index is 2.57. The van der Waals surface area contributed by atoms with E-state index in [4.69, 9.17) is 4.52 Å². The van der Waals surface area contributed by atoms with Gasteiger partial charge in [0.25, 0.3) is 0 Å². The van der Waals surface area contributed by atoms with Gasteiger partial charge in [0.15, 0.2) is 9.84 Å². The summed E-state index contributed by atoms with van der Waals surface area (Å²) in [7, 11) is -3.02. The molecule has 0 fully saturated rings. The monoisotopic (exact) mass is 211 g/mol. The Morgan fingerprint density at radius 3 is 2.93 bits per heavy atom. The van der Waals surface area contributed by atoms with Crippen molar-refractivity contribution in [3.8, 4) is 0 Å². The summed E-state index contributed by atoms with van der Waals surface area (Å²) >= 11 is 0. The van der Waals surface area contributed by atoms with Gasteiger partial charge in [-0.15, -0.1) is 0 Å². The first-order chi connectivity index (χ1) is 6.56. The van der Waals surface area contributed by atoms with Gasteiger partial charge in [0, 0.05) is 11.6 Å². The minimum absolute atomic E-state index is 0.0194. The lowest BCUT2D eigenvalue weighted by Crippen LogP contribution is -2.00. The fourth-order valence-corrected chi connectivity index (χ4v) is 2.18. The van der Waals surface area contributed by atoms with Crippen LogP contribution in [-0.2, 0) is 15.6 Å². The summed E-state index contributed by atoms with van der Waals surface area (Å²) in [4.78, 5) is 0. The highest BCUT2D eigenvalue weighted by Crippen LogP contribution is 2.18. The van der Waals surface area contributed by atoms with E-state index < -0.39 is 9.84 Å². The molecule has 0 radical (unpaired) electrons. The van der Waals surface area contributed by atoms with Crippen molar-refractivity contribution in [3.63, 3.8) is 0 Å². The first-order valence-electron chi connectivity index (χ1n) is 4.06. The van der Waals surface area contributed by atoms with Crippen LogP contribution in [0.25, 0.3) is 10.9 Å². The van der Waals surface area contributed by atoms with E-state index in [1.54, 1.807) is 18.2 Å². The van der Waals surface area contributed by atoms with Crippen LogP contribution in [0.5, 0.6) is 0 Å². The van der Waals surface area contributed by atoms with Crippen LogP contribution in [0.3, 0.4) is 0 Å². The molecule has 2 rings (SSSR count). The van der Waals surface area contributed by atoms with Crippen molar-refractivity contribution in [3.05, 3.63) is 30.0 Å². The third-order valence-corrected chi connectivity index (χ3v) is 2.75. The van der Waals surface area contributed by atoms with E-state index in [9.17, 15) is 8.42 Å². The average Bonchev–Trinajstić information content (AvgIpc) is 2.49. The van der Waals surface area contributed by atoms with Gasteiger partial charge in [-0.25, -0.2) is 8.42 Å². The van der Waals surface area contributed by atoms with Gasteiger partial charge in [0.1, 0.15) is 11.8 Å². The largest absolute Gasteiger partial charge is 0.363 e. The molecule has 0 aliphatic carbocycles. The molecule has 0 aliphatic heterocycles. The topological polar surface area (TPSA) is 60.2 Å². The second-order valence-corrected chi connectivity index (χ2v) is 5.37. The predicted molar refractivity (Wildman–Crippen MR) is 52.6 cm³/mol. The Labute approximate surface area is 81.4 Å². The molecule has 4 nitrogen and oxygen atoms in total. The lowest BCUT2D eigenvalue weighted by molar-refractivity contribution is 0.428. The highest BCUT2D eigenvalue weighted by molar-refractivity contribution is 7.89. The lowest BCUT2D eigenvalue weighted by atomic mass is 10.1. The summed E-state index contributed by atoms with van der Waals surface area (Å²) in [5.74, 6) is 0.0194. The number of hydrogen-bond acceptors (Lipinski definition) is 4. The molecule has 0 amide bonds. The number of fused-ring (bicyclic) bond motifs is 1. The standard InChI is InChI=1S/C9H9NO3S/c1-14(11,12)6-7-3-2-4-9-8(7)5-13-10-9/h2-5H,6H2,1H3. The van der Waals surface area contributed by atoms with Crippen molar-refractivity contribution >= 4 is 20.7 Å². The molecule has 0 saturated carbocycles. The number of aromatic nitrogens is 1. The first kappa shape index (κ1) is 9.21. The Bertz CT molecular complexity index is 556. The quantitative estimate of drug-likeness (QED) is 0.752. The predicted octanol–water partition coefficient (Wildman–Crippen LogP) is 1.37. The molecule has 0 atom stereocenters. The molecule has 74 valence electrons. The third kappa shape index (κ3) is 1.77. The van der Waals surface area contributed by atoms with Crippen LogP contribution in [0.2, 0.25) is 0 Å². The van der Waals surface area contributed by atoms with E-state index in [0.717, 1.165) is 10.9 Å². The zero-order chi connectivity index (χ0) is 10.2. The Morgan fingerprint density at radius 2 is 2.21 bits per heavy atom.